The van der Waals surface area contributed by atoms with E-state index in [-0.39, 0.29) is 17.1 Å². The first-order valence-corrected chi connectivity index (χ1v) is 7.13. The van der Waals surface area contributed by atoms with Gasteiger partial charge in [-0.2, -0.15) is 0 Å². The number of hydrogen-bond acceptors (Lipinski definition) is 5. The SMILES string of the molecule is CN1CC2CCN(C(=O)c3ccc([N+](=O)[O-])s3)C1C2. The highest BCUT2D eigenvalue weighted by atomic mass is 32.1. The maximum atomic E-state index is 12.5. The zero-order valence-corrected chi connectivity index (χ0v) is 11.4. The van der Waals surface area contributed by atoms with E-state index in [1.807, 2.05) is 11.9 Å². The van der Waals surface area contributed by atoms with Crippen LogP contribution in [-0.2, 0) is 0 Å². The summed E-state index contributed by atoms with van der Waals surface area (Å²) in [6.07, 6.45) is 2.21. The lowest BCUT2D eigenvalue weighted by Crippen LogP contribution is -2.47. The molecule has 0 aromatic carbocycles. The van der Waals surface area contributed by atoms with Gasteiger partial charge in [-0.1, -0.05) is 11.3 Å². The smallest absolute Gasteiger partial charge is 0.322 e. The van der Waals surface area contributed by atoms with Gasteiger partial charge in [-0.25, -0.2) is 0 Å². The van der Waals surface area contributed by atoms with Crippen molar-refractivity contribution >= 4 is 22.2 Å². The Morgan fingerprint density at radius 1 is 1.53 bits per heavy atom. The van der Waals surface area contributed by atoms with Gasteiger partial charge in [0, 0.05) is 19.2 Å². The third-order valence-corrected chi connectivity index (χ3v) is 5.01. The Bertz CT molecular complexity index is 530. The largest absolute Gasteiger partial charge is 0.324 e. The predicted molar refractivity (Wildman–Crippen MR) is 71.2 cm³/mol. The topological polar surface area (TPSA) is 66.7 Å². The summed E-state index contributed by atoms with van der Waals surface area (Å²) in [5.41, 5.74) is 0. The first kappa shape index (κ1) is 12.6. The fraction of sp³-hybridized carbons (Fsp3) is 0.583. The summed E-state index contributed by atoms with van der Waals surface area (Å²) in [5, 5.41) is 10.7. The number of fused-ring (bicyclic) bond motifs is 2. The molecule has 2 bridgehead atoms. The fourth-order valence-electron chi connectivity index (χ4n) is 3.05. The molecule has 1 amide bonds. The third-order valence-electron chi connectivity index (χ3n) is 3.98. The van der Waals surface area contributed by atoms with Crippen molar-refractivity contribution in [3.05, 3.63) is 27.1 Å². The van der Waals surface area contributed by atoms with E-state index >= 15 is 0 Å². The zero-order chi connectivity index (χ0) is 13.6. The van der Waals surface area contributed by atoms with E-state index in [1.54, 1.807) is 6.07 Å². The van der Waals surface area contributed by atoms with Crippen LogP contribution in [0.25, 0.3) is 0 Å². The summed E-state index contributed by atoms with van der Waals surface area (Å²) in [4.78, 5) is 27.2. The summed E-state index contributed by atoms with van der Waals surface area (Å²) in [6.45, 7) is 1.79. The van der Waals surface area contributed by atoms with Gasteiger partial charge in [0.1, 0.15) is 0 Å². The minimum absolute atomic E-state index is 0.0259. The minimum Gasteiger partial charge on any atom is -0.322 e. The number of carbonyl (C=O) groups is 1. The van der Waals surface area contributed by atoms with E-state index in [1.165, 1.54) is 6.07 Å². The third kappa shape index (κ3) is 2.12. The maximum Gasteiger partial charge on any atom is 0.324 e. The predicted octanol–water partition coefficient (Wildman–Crippen LogP) is 1.78. The van der Waals surface area contributed by atoms with E-state index in [0.717, 1.165) is 37.3 Å². The van der Waals surface area contributed by atoms with E-state index < -0.39 is 4.92 Å². The van der Waals surface area contributed by atoms with E-state index in [0.29, 0.717) is 10.8 Å². The van der Waals surface area contributed by atoms with Crippen LogP contribution in [0.2, 0.25) is 0 Å². The van der Waals surface area contributed by atoms with Gasteiger partial charge < -0.3 is 4.90 Å². The number of rotatable bonds is 2. The number of piperidine rings is 1. The van der Waals surface area contributed by atoms with Crippen molar-refractivity contribution < 1.29 is 9.72 Å². The Morgan fingerprint density at radius 2 is 2.32 bits per heavy atom. The van der Waals surface area contributed by atoms with Crippen molar-refractivity contribution in [1.29, 1.82) is 0 Å². The molecule has 2 fully saturated rings. The second kappa shape index (κ2) is 4.57. The average Bonchev–Trinajstić information content (AvgIpc) is 2.96. The van der Waals surface area contributed by atoms with Crippen LogP contribution in [-0.4, -0.2) is 46.9 Å². The number of amides is 1. The molecule has 1 aromatic rings. The molecule has 0 spiro atoms. The van der Waals surface area contributed by atoms with Gasteiger partial charge in [0.25, 0.3) is 5.91 Å². The molecule has 2 atom stereocenters. The quantitative estimate of drug-likeness (QED) is 0.612. The normalized spacial score (nSPS) is 26.7. The Balaban J connectivity index is 1.81. The van der Waals surface area contributed by atoms with Crippen LogP contribution in [0.3, 0.4) is 0 Å². The summed E-state index contributed by atoms with van der Waals surface area (Å²) in [7, 11) is 2.03. The summed E-state index contributed by atoms with van der Waals surface area (Å²) < 4.78 is 0. The van der Waals surface area contributed by atoms with Crippen molar-refractivity contribution in [1.82, 2.24) is 9.80 Å². The number of carbonyl (C=O) groups excluding carboxylic acids is 1. The standard InChI is InChI=1S/C12H15N3O3S/c1-13-7-8-4-5-14(10(13)6-8)12(16)9-2-3-11(19-9)15(17)18/h2-3,8,10H,4-7H2,1H3. The van der Waals surface area contributed by atoms with Gasteiger partial charge in [-0.15, -0.1) is 0 Å². The van der Waals surface area contributed by atoms with Gasteiger partial charge in [-0.05, 0) is 31.9 Å². The van der Waals surface area contributed by atoms with Gasteiger partial charge in [0.2, 0.25) is 0 Å². The van der Waals surface area contributed by atoms with Crippen molar-refractivity contribution in [2.45, 2.75) is 19.0 Å². The molecular weight excluding hydrogens is 266 g/mol. The maximum absolute atomic E-state index is 12.5. The van der Waals surface area contributed by atoms with Crippen LogP contribution in [0, 0.1) is 16.0 Å². The molecule has 3 rings (SSSR count). The highest BCUT2D eigenvalue weighted by molar-refractivity contribution is 7.17. The number of thiophene rings is 1. The van der Waals surface area contributed by atoms with Crippen molar-refractivity contribution in [3.8, 4) is 0 Å². The molecule has 2 saturated heterocycles. The molecule has 2 aliphatic heterocycles. The van der Waals surface area contributed by atoms with Crippen LogP contribution in [0.4, 0.5) is 5.00 Å². The van der Waals surface area contributed by atoms with Crippen molar-refractivity contribution in [2.75, 3.05) is 20.1 Å². The molecule has 3 heterocycles. The molecule has 7 heteroatoms. The highest BCUT2D eigenvalue weighted by Gasteiger charge is 2.40. The second-order valence-electron chi connectivity index (χ2n) is 5.20. The molecule has 19 heavy (non-hydrogen) atoms. The van der Waals surface area contributed by atoms with Gasteiger partial charge >= 0.3 is 5.00 Å². The van der Waals surface area contributed by atoms with E-state index in [9.17, 15) is 14.9 Å². The molecule has 6 nitrogen and oxygen atoms in total. The molecule has 2 aliphatic rings. The highest BCUT2D eigenvalue weighted by Crippen LogP contribution is 2.34. The molecule has 1 aromatic heterocycles. The minimum atomic E-state index is -0.449. The molecule has 0 radical (unpaired) electrons. The van der Waals surface area contributed by atoms with Crippen LogP contribution < -0.4 is 0 Å². The molecule has 0 N–H and O–H groups in total. The van der Waals surface area contributed by atoms with Crippen LogP contribution >= 0.6 is 11.3 Å². The average molecular weight is 281 g/mol. The fourth-order valence-corrected chi connectivity index (χ4v) is 3.82. The molecule has 0 saturated carbocycles. The Morgan fingerprint density at radius 3 is 3.00 bits per heavy atom. The lowest BCUT2D eigenvalue weighted by atomic mass is 9.99. The summed E-state index contributed by atoms with van der Waals surface area (Å²) in [6, 6.07) is 2.97. The molecular formula is C12H15N3O3S. The summed E-state index contributed by atoms with van der Waals surface area (Å²) in [5.74, 6) is 0.618. The van der Waals surface area contributed by atoms with Crippen LogP contribution in [0.15, 0.2) is 12.1 Å². The van der Waals surface area contributed by atoms with Crippen LogP contribution in [0.1, 0.15) is 22.5 Å². The first-order valence-electron chi connectivity index (χ1n) is 6.31. The van der Waals surface area contributed by atoms with Gasteiger partial charge in [-0.3, -0.25) is 19.8 Å². The van der Waals surface area contributed by atoms with Crippen LogP contribution in [0.5, 0.6) is 0 Å². The number of nitro groups is 1. The number of likely N-dealkylation sites (tertiary alicyclic amines) is 2. The van der Waals surface area contributed by atoms with Crippen molar-refractivity contribution in [3.63, 3.8) is 0 Å². The monoisotopic (exact) mass is 281 g/mol. The lowest BCUT2D eigenvalue weighted by Gasteiger charge is -2.35. The Kier molecular flexibility index (Phi) is 3.02. The Labute approximate surface area is 114 Å². The summed E-state index contributed by atoms with van der Waals surface area (Å²) >= 11 is 0.961. The Hall–Kier alpha value is -1.47. The van der Waals surface area contributed by atoms with E-state index in [2.05, 4.69) is 4.90 Å². The molecule has 102 valence electrons. The molecule has 0 aliphatic carbocycles. The second-order valence-corrected chi connectivity index (χ2v) is 6.27. The van der Waals surface area contributed by atoms with E-state index in [4.69, 9.17) is 0 Å². The van der Waals surface area contributed by atoms with Gasteiger partial charge in [0.05, 0.1) is 16.0 Å². The zero-order valence-electron chi connectivity index (χ0n) is 10.6. The lowest BCUT2D eigenvalue weighted by molar-refractivity contribution is -0.380. The van der Waals surface area contributed by atoms with Gasteiger partial charge in [0.15, 0.2) is 0 Å². The number of hydrogen-bond donors (Lipinski definition) is 0. The molecule has 2 unspecified atom stereocenters. The van der Waals surface area contributed by atoms with Crippen molar-refractivity contribution in [2.24, 2.45) is 5.92 Å². The first-order chi connectivity index (χ1) is 9.06. The number of nitrogens with zero attached hydrogens (tertiary/aromatic N) is 3.